The highest BCUT2D eigenvalue weighted by Gasteiger charge is 2.19. The average Bonchev–Trinajstić information content (AvgIpc) is 2.81. The second-order valence-electron chi connectivity index (χ2n) is 8.10. The fourth-order valence-electron chi connectivity index (χ4n) is 4.00. The molecule has 0 atom stereocenters. The molecule has 8 heteroatoms. The van der Waals surface area contributed by atoms with E-state index in [2.05, 4.69) is 19.8 Å². The molecule has 168 valence electrons. The molecule has 1 saturated heterocycles. The number of aryl methyl sites for hydroxylation is 2. The summed E-state index contributed by atoms with van der Waals surface area (Å²) in [6, 6.07) is 14.5. The highest BCUT2D eigenvalue weighted by molar-refractivity contribution is 7.92. The Morgan fingerprint density at radius 3 is 2.41 bits per heavy atom. The summed E-state index contributed by atoms with van der Waals surface area (Å²) in [5.41, 5.74) is 3.35. The Morgan fingerprint density at radius 2 is 1.72 bits per heavy atom. The third kappa shape index (κ3) is 4.70. The maximum absolute atomic E-state index is 13.1. The minimum absolute atomic E-state index is 0.229. The van der Waals surface area contributed by atoms with Crippen LogP contribution in [-0.4, -0.2) is 38.8 Å². The van der Waals surface area contributed by atoms with Gasteiger partial charge < -0.3 is 9.64 Å². The standard InChI is InChI=1S/C24H28N4O3S/c1-17-15-23(18(2)14-22(17)31-3)32(29,30)27-20-9-7-8-19(16-20)21-10-11-24(26-25-21)28-12-5-4-6-13-28/h7-11,14-16,27H,4-6,12-13H2,1-3H3. The van der Waals surface area contributed by atoms with Crippen molar-refractivity contribution in [2.45, 2.75) is 38.0 Å². The van der Waals surface area contributed by atoms with Gasteiger partial charge in [0.2, 0.25) is 0 Å². The Balaban J connectivity index is 1.56. The van der Waals surface area contributed by atoms with E-state index in [1.54, 1.807) is 44.4 Å². The second kappa shape index (κ2) is 9.16. The number of sulfonamides is 1. The summed E-state index contributed by atoms with van der Waals surface area (Å²) in [4.78, 5) is 2.48. The van der Waals surface area contributed by atoms with E-state index in [4.69, 9.17) is 4.74 Å². The summed E-state index contributed by atoms with van der Waals surface area (Å²) in [7, 11) is -2.19. The molecule has 1 fully saturated rings. The van der Waals surface area contributed by atoms with Crippen molar-refractivity contribution in [3.63, 3.8) is 0 Å². The molecule has 1 aromatic heterocycles. The number of methoxy groups -OCH3 is 1. The van der Waals surface area contributed by atoms with Crippen LogP contribution < -0.4 is 14.4 Å². The summed E-state index contributed by atoms with van der Waals surface area (Å²) in [5.74, 6) is 1.55. The Labute approximate surface area is 189 Å². The van der Waals surface area contributed by atoms with E-state index in [0.717, 1.165) is 30.0 Å². The van der Waals surface area contributed by atoms with Gasteiger partial charge in [0.15, 0.2) is 5.82 Å². The molecule has 3 aromatic rings. The van der Waals surface area contributed by atoms with Crippen LogP contribution in [0.2, 0.25) is 0 Å². The van der Waals surface area contributed by atoms with E-state index in [0.29, 0.717) is 22.7 Å². The zero-order valence-electron chi connectivity index (χ0n) is 18.6. The van der Waals surface area contributed by atoms with Gasteiger partial charge in [-0.1, -0.05) is 12.1 Å². The number of nitrogens with zero attached hydrogens (tertiary/aromatic N) is 3. The Hall–Kier alpha value is -3.13. The van der Waals surface area contributed by atoms with Crippen LogP contribution >= 0.6 is 0 Å². The lowest BCUT2D eigenvalue weighted by molar-refractivity contribution is 0.411. The molecule has 32 heavy (non-hydrogen) atoms. The van der Waals surface area contributed by atoms with Crippen LogP contribution in [0.25, 0.3) is 11.3 Å². The SMILES string of the molecule is COc1cc(C)c(S(=O)(=O)Nc2cccc(-c3ccc(N4CCCCC4)nn3)c2)cc1C. The summed E-state index contributed by atoms with van der Waals surface area (Å²) in [5, 5.41) is 8.78. The molecule has 0 spiro atoms. The average molecular weight is 453 g/mol. The van der Waals surface area contributed by atoms with Gasteiger partial charge >= 0.3 is 0 Å². The zero-order valence-corrected chi connectivity index (χ0v) is 19.4. The molecule has 0 amide bonds. The number of piperidine rings is 1. The van der Waals surface area contributed by atoms with Gasteiger partial charge in [-0.2, -0.15) is 0 Å². The first-order valence-electron chi connectivity index (χ1n) is 10.7. The molecule has 0 aliphatic carbocycles. The van der Waals surface area contributed by atoms with Gasteiger partial charge in [-0.15, -0.1) is 10.2 Å². The first-order valence-corrected chi connectivity index (χ1v) is 12.2. The molecular formula is C24H28N4O3S. The molecule has 4 rings (SSSR count). The van der Waals surface area contributed by atoms with Crippen LogP contribution in [-0.2, 0) is 10.0 Å². The molecular weight excluding hydrogens is 424 g/mol. The summed E-state index contributed by atoms with van der Waals surface area (Å²) < 4.78 is 34.1. The number of nitrogens with one attached hydrogen (secondary N) is 1. The van der Waals surface area contributed by atoms with Crippen molar-refractivity contribution in [3.05, 3.63) is 59.7 Å². The van der Waals surface area contributed by atoms with Crippen LogP contribution in [0.4, 0.5) is 11.5 Å². The van der Waals surface area contributed by atoms with Crippen LogP contribution in [0, 0.1) is 13.8 Å². The maximum Gasteiger partial charge on any atom is 0.262 e. The van der Waals surface area contributed by atoms with Gasteiger partial charge in [0.1, 0.15) is 5.75 Å². The molecule has 0 radical (unpaired) electrons. The molecule has 2 heterocycles. The molecule has 0 bridgehead atoms. The molecule has 0 unspecified atom stereocenters. The minimum Gasteiger partial charge on any atom is -0.496 e. The minimum atomic E-state index is -3.76. The van der Waals surface area contributed by atoms with E-state index < -0.39 is 10.0 Å². The van der Waals surface area contributed by atoms with E-state index in [9.17, 15) is 8.42 Å². The van der Waals surface area contributed by atoms with Gasteiger partial charge in [0.25, 0.3) is 10.0 Å². The lowest BCUT2D eigenvalue weighted by atomic mass is 10.1. The highest BCUT2D eigenvalue weighted by Crippen LogP contribution is 2.28. The van der Waals surface area contributed by atoms with Crippen molar-refractivity contribution in [3.8, 4) is 17.0 Å². The summed E-state index contributed by atoms with van der Waals surface area (Å²) in [6.45, 7) is 5.60. The Kier molecular flexibility index (Phi) is 6.32. The second-order valence-corrected chi connectivity index (χ2v) is 9.75. The fourth-order valence-corrected chi connectivity index (χ4v) is 5.36. The predicted octanol–water partition coefficient (Wildman–Crippen LogP) is 4.56. The topological polar surface area (TPSA) is 84.4 Å². The molecule has 1 aliphatic heterocycles. The number of aromatic nitrogens is 2. The van der Waals surface area contributed by atoms with E-state index in [1.165, 1.54) is 19.3 Å². The van der Waals surface area contributed by atoms with Crippen molar-refractivity contribution in [1.29, 1.82) is 0 Å². The van der Waals surface area contributed by atoms with Crippen LogP contribution in [0.3, 0.4) is 0 Å². The molecule has 1 aliphatic rings. The third-order valence-electron chi connectivity index (χ3n) is 5.72. The van der Waals surface area contributed by atoms with Crippen molar-refractivity contribution in [1.82, 2.24) is 10.2 Å². The predicted molar refractivity (Wildman–Crippen MR) is 127 cm³/mol. The number of hydrogen-bond acceptors (Lipinski definition) is 6. The third-order valence-corrected chi connectivity index (χ3v) is 7.25. The van der Waals surface area contributed by atoms with E-state index in [-0.39, 0.29) is 4.90 Å². The van der Waals surface area contributed by atoms with Gasteiger partial charge in [-0.05, 0) is 80.6 Å². The van der Waals surface area contributed by atoms with Gasteiger partial charge in [-0.3, -0.25) is 4.72 Å². The highest BCUT2D eigenvalue weighted by atomic mass is 32.2. The first kappa shape index (κ1) is 22.1. The summed E-state index contributed by atoms with van der Waals surface area (Å²) in [6.07, 6.45) is 3.62. The molecule has 7 nitrogen and oxygen atoms in total. The van der Waals surface area contributed by atoms with Gasteiger partial charge in [0.05, 0.1) is 17.7 Å². The largest absolute Gasteiger partial charge is 0.496 e. The quantitative estimate of drug-likeness (QED) is 0.590. The molecule has 1 N–H and O–H groups in total. The summed E-state index contributed by atoms with van der Waals surface area (Å²) >= 11 is 0. The Morgan fingerprint density at radius 1 is 0.938 bits per heavy atom. The lowest BCUT2D eigenvalue weighted by Gasteiger charge is -2.27. The van der Waals surface area contributed by atoms with Crippen LogP contribution in [0.15, 0.2) is 53.4 Å². The van der Waals surface area contributed by atoms with Crippen molar-refractivity contribution in [2.75, 3.05) is 29.8 Å². The normalized spacial score (nSPS) is 14.3. The number of rotatable bonds is 6. The van der Waals surface area contributed by atoms with Gasteiger partial charge in [-0.25, -0.2) is 8.42 Å². The first-order chi connectivity index (χ1) is 15.4. The van der Waals surface area contributed by atoms with Crippen LogP contribution in [0.5, 0.6) is 5.75 Å². The fraction of sp³-hybridized carbons (Fsp3) is 0.333. The maximum atomic E-state index is 13.1. The Bertz CT molecular complexity index is 1200. The van der Waals surface area contributed by atoms with Crippen LogP contribution in [0.1, 0.15) is 30.4 Å². The number of hydrogen-bond donors (Lipinski definition) is 1. The molecule has 0 saturated carbocycles. The van der Waals surface area contributed by atoms with E-state index in [1.807, 2.05) is 25.1 Å². The zero-order chi connectivity index (χ0) is 22.7. The smallest absolute Gasteiger partial charge is 0.262 e. The van der Waals surface area contributed by atoms with Gasteiger partial charge in [0, 0.05) is 24.3 Å². The van der Waals surface area contributed by atoms with E-state index >= 15 is 0 Å². The van der Waals surface area contributed by atoms with Crippen molar-refractivity contribution < 1.29 is 13.2 Å². The number of ether oxygens (including phenoxy) is 1. The monoisotopic (exact) mass is 452 g/mol. The van der Waals surface area contributed by atoms with Crippen molar-refractivity contribution >= 4 is 21.5 Å². The van der Waals surface area contributed by atoms with Crippen molar-refractivity contribution in [2.24, 2.45) is 0 Å². The lowest BCUT2D eigenvalue weighted by Crippen LogP contribution is -2.30. The number of anilines is 2. The number of benzene rings is 2. The molecule has 2 aromatic carbocycles.